The van der Waals surface area contributed by atoms with E-state index in [1.165, 1.54) is 18.2 Å². The maximum Gasteiger partial charge on any atom is 0.335 e. The minimum atomic E-state index is -4.16. The monoisotopic (exact) mass is 370 g/mol. The van der Waals surface area contributed by atoms with Crippen LogP contribution in [0.15, 0.2) is 41.3 Å². The lowest BCUT2D eigenvalue weighted by Gasteiger charge is -2.11. The van der Waals surface area contributed by atoms with Crippen molar-refractivity contribution in [3.8, 4) is 0 Å². The van der Waals surface area contributed by atoms with Crippen molar-refractivity contribution in [2.24, 2.45) is 0 Å². The van der Waals surface area contributed by atoms with Crippen LogP contribution in [0.3, 0.4) is 0 Å². The van der Waals surface area contributed by atoms with Crippen LogP contribution < -0.4 is 4.72 Å². The van der Waals surface area contributed by atoms with E-state index in [0.717, 1.165) is 18.2 Å². The summed E-state index contributed by atoms with van der Waals surface area (Å²) in [6, 6.07) is 7.01. The highest BCUT2D eigenvalue weighted by atomic mass is 35.5. The fraction of sp³-hybridized carbons (Fsp3) is 0.0714. The van der Waals surface area contributed by atoms with Gasteiger partial charge in [0, 0.05) is 6.07 Å². The molecule has 0 aromatic heterocycles. The number of hydrogen-bond donors (Lipinski definition) is 2. The van der Waals surface area contributed by atoms with E-state index >= 15 is 0 Å². The van der Waals surface area contributed by atoms with Crippen LogP contribution in [-0.2, 0) is 10.0 Å². The third kappa shape index (κ3) is 3.63. The number of rotatable bonds is 5. The average Bonchev–Trinajstić information content (AvgIpc) is 2.49. The van der Waals surface area contributed by atoms with Gasteiger partial charge in [0.15, 0.2) is 0 Å². The molecule has 0 saturated carbocycles. The van der Waals surface area contributed by atoms with Gasteiger partial charge in [0.2, 0.25) is 0 Å². The predicted octanol–water partition coefficient (Wildman–Crippen LogP) is 3.06. The number of halogens is 1. The quantitative estimate of drug-likeness (QED) is 0.615. The van der Waals surface area contributed by atoms with Gasteiger partial charge in [-0.1, -0.05) is 17.7 Å². The molecule has 2 aromatic rings. The molecule has 0 atom stereocenters. The van der Waals surface area contributed by atoms with E-state index in [2.05, 4.69) is 4.72 Å². The van der Waals surface area contributed by atoms with Crippen molar-refractivity contribution >= 4 is 39.0 Å². The van der Waals surface area contributed by atoms with Gasteiger partial charge in [-0.15, -0.1) is 0 Å². The summed E-state index contributed by atoms with van der Waals surface area (Å²) in [5.74, 6) is -1.21. The molecule has 0 saturated heterocycles. The maximum absolute atomic E-state index is 12.4. The molecule has 2 N–H and O–H groups in total. The van der Waals surface area contributed by atoms with Crippen molar-refractivity contribution in [3.05, 3.63) is 62.7 Å². The Morgan fingerprint density at radius 2 is 1.92 bits per heavy atom. The molecule has 10 heteroatoms. The molecule has 0 aliphatic heterocycles. The van der Waals surface area contributed by atoms with Crippen LogP contribution in [0, 0.1) is 17.0 Å². The van der Waals surface area contributed by atoms with Crippen LogP contribution >= 0.6 is 11.6 Å². The number of sulfonamides is 1. The van der Waals surface area contributed by atoms with Gasteiger partial charge in [-0.2, -0.15) is 0 Å². The van der Waals surface area contributed by atoms with Gasteiger partial charge in [0.25, 0.3) is 15.7 Å². The molecule has 2 rings (SSSR count). The number of anilines is 1. The van der Waals surface area contributed by atoms with Crippen LogP contribution in [-0.4, -0.2) is 24.4 Å². The third-order valence-electron chi connectivity index (χ3n) is 3.15. The predicted molar refractivity (Wildman–Crippen MR) is 87.1 cm³/mol. The Kier molecular flexibility index (Phi) is 4.76. The zero-order chi connectivity index (χ0) is 18.1. The molecule has 0 fully saturated rings. The Balaban J connectivity index is 2.46. The maximum atomic E-state index is 12.4. The number of hydrogen-bond acceptors (Lipinski definition) is 5. The number of nitro benzene ring substituents is 1. The lowest BCUT2D eigenvalue weighted by molar-refractivity contribution is -0.384. The Morgan fingerprint density at radius 3 is 2.50 bits per heavy atom. The first-order valence-corrected chi connectivity index (χ1v) is 8.28. The van der Waals surface area contributed by atoms with Crippen LogP contribution in [0.1, 0.15) is 15.9 Å². The van der Waals surface area contributed by atoms with Crippen LogP contribution in [0.25, 0.3) is 0 Å². The molecular weight excluding hydrogens is 360 g/mol. The summed E-state index contributed by atoms with van der Waals surface area (Å²) in [6.07, 6.45) is 0. The second-order valence-corrected chi connectivity index (χ2v) is 6.90. The lowest BCUT2D eigenvalue weighted by atomic mass is 10.1. The number of nitrogens with zero attached hydrogens (tertiary/aromatic N) is 1. The van der Waals surface area contributed by atoms with Gasteiger partial charge in [-0.25, -0.2) is 13.2 Å². The van der Waals surface area contributed by atoms with Crippen molar-refractivity contribution in [2.75, 3.05) is 4.72 Å². The van der Waals surface area contributed by atoms with E-state index in [9.17, 15) is 23.3 Å². The second-order valence-electron chi connectivity index (χ2n) is 4.81. The smallest absolute Gasteiger partial charge is 0.335 e. The number of aromatic carboxylic acids is 1. The van der Waals surface area contributed by atoms with Crippen molar-refractivity contribution in [2.45, 2.75) is 11.8 Å². The van der Waals surface area contributed by atoms with Crippen LogP contribution in [0.2, 0.25) is 5.02 Å². The Hall–Kier alpha value is -2.65. The number of benzene rings is 2. The van der Waals surface area contributed by atoms with E-state index in [4.69, 9.17) is 16.7 Å². The molecule has 0 unspecified atom stereocenters. The number of nitrogens with one attached hydrogen (secondary N) is 1. The summed E-state index contributed by atoms with van der Waals surface area (Å²) in [7, 11) is -4.16. The largest absolute Gasteiger partial charge is 0.478 e. The van der Waals surface area contributed by atoms with E-state index in [0.29, 0.717) is 5.56 Å². The molecule has 0 radical (unpaired) electrons. The summed E-state index contributed by atoms with van der Waals surface area (Å²) in [4.78, 5) is 20.7. The first-order chi connectivity index (χ1) is 11.1. The summed E-state index contributed by atoms with van der Waals surface area (Å²) in [6.45, 7) is 1.59. The molecular formula is C14H11ClN2O6S. The number of carbonyl (C=O) groups is 1. The van der Waals surface area contributed by atoms with Crippen molar-refractivity contribution in [1.82, 2.24) is 0 Å². The number of carboxylic acid groups (broad SMARTS) is 1. The molecule has 0 spiro atoms. The highest BCUT2D eigenvalue weighted by Crippen LogP contribution is 2.28. The molecule has 126 valence electrons. The molecule has 24 heavy (non-hydrogen) atoms. The average molecular weight is 371 g/mol. The minimum Gasteiger partial charge on any atom is -0.478 e. The SMILES string of the molecule is Cc1ccc(C(=O)O)cc1NS(=O)(=O)c1ccc(Cl)c([N+](=O)[O-])c1. The van der Waals surface area contributed by atoms with E-state index in [1.54, 1.807) is 6.92 Å². The van der Waals surface area contributed by atoms with Gasteiger partial charge in [0.05, 0.1) is 21.1 Å². The number of carboxylic acids is 1. The molecule has 0 amide bonds. The summed E-state index contributed by atoms with van der Waals surface area (Å²) in [5, 5.41) is 19.7. The zero-order valence-electron chi connectivity index (χ0n) is 12.2. The number of aryl methyl sites for hydroxylation is 1. The molecule has 0 heterocycles. The van der Waals surface area contributed by atoms with Crippen molar-refractivity contribution in [3.63, 3.8) is 0 Å². The first-order valence-electron chi connectivity index (χ1n) is 6.42. The summed E-state index contributed by atoms with van der Waals surface area (Å²) in [5.41, 5.74) is -0.0875. The first kappa shape index (κ1) is 17.7. The van der Waals surface area contributed by atoms with Gasteiger partial charge in [-0.3, -0.25) is 14.8 Å². The molecule has 2 aromatic carbocycles. The van der Waals surface area contributed by atoms with Crippen molar-refractivity contribution in [1.29, 1.82) is 0 Å². The molecule has 0 aliphatic rings. The molecule has 0 bridgehead atoms. The second kappa shape index (κ2) is 6.46. The van der Waals surface area contributed by atoms with E-state index in [1.807, 2.05) is 0 Å². The van der Waals surface area contributed by atoms with Gasteiger partial charge in [0.1, 0.15) is 5.02 Å². The minimum absolute atomic E-state index is 0.0625. The topological polar surface area (TPSA) is 127 Å². The Bertz CT molecular complexity index is 942. The standard InChI is InChI=1S/C14H11ClN2O6S/c1-8-2-3-9(14(18)19)6-12(8)16-24(22,23)10-4-5-11(15)13(7-10)17(20)21/h2-7,16H,1H3,(H,18,19). The highest BCUT2D eigenvalue weighted by Gasteiger charge is 2.21. The van der Waals surface area contributed by atoms with E-state index in [-0.39, 0.29) is 21.2 Å². The Morgan fingerprint density at radius 1 is 1.25 bits per heavy atom. The third-order valence-corrected chi connectivity index (χ3v) is 4.84. The highest BCUT2D eigenvalue weighted by molar-refractivity contribution is 7.92. The van der Waals surface area contributed by atoms with Crippen molar-refractivity contribution < 1.29 is 23.2 Å². The van der Waals surface area contributed by atoms with Crippen LogP contribution in [0.4, 0.5) is 11.4 Å². The van der Waals surface area contributed by atoms with Gasteiger partial charge >= 0.3 is 5.97 Å². The number of nitro groups is 1. The van der Waals surface area contributed by atoms with Crippen LogP contribution in [0.5, 0.6) is 0 Å². The van der Waals surface area contributed by atoms with Gasteiger partial charge in [-0.05, 0) is 36.8 Å². The zero-order valence-corrected chi connectivity index (χ0v) is 13.8. The van der Waals surface area contributed by atoms with Gasteiger partial charge < -0.3 is 5.11 Å². The normalized spacial score (nSPS) is 11.1. The van der Waals surface area contributed by atoms with E-state index < -0.39 is 26.6 Å². The molecule has 8 nitrogen and oxygen atoms in total. The Labute approximate surface area is 141 Å². The summed E-state index contributed by atoms with van der Waals surface area (Å²) >= 11 is 5.66. The lowest BCUT2D eigenvalue weighted by Crippen LogP contribution is -2.14. The molecule has 0 aliphatic carbocycles. The summed E-state index contributed by atoms with van der Waals surface area (Å²) < 4.78 is 27.0. The fourth-order valence-electron chi connectivity index (χ4n) is 1.87. The fourth-order valence-corrected chi connectivity index (χ4v) is 3.20.